The van der Waals surface area contributed by atoms with Gasteiger partial charge in [0.25, 0.3) is 0 Å². The van der Waals surface area contributed by atoms with Gasteiger partial charge >= 0.3 is 0 Å². The lowest BCUT2D eigenvalue weighted by Gasteiger charge is -2.00. The largest absolute Gasteiger partial charge is 0.345 e. The van der Waals surface area contributed by atoms with Gasteiger partial charge in [-0.15, -0.1) is 0 Å². The minimum Gasteiger partial charge on any atom is -0.345 e. The standard InChI is InChI=1S/C12H13ClN2O/c1-3-10(16)9-7-15(4-2)11-8(9)5-6-14-12(11)13/h5-7H,3-4H2,1-2H3. The summed E-state index contributed by atoms with van der Waals surface area (Å²) in [5.41, 5.74) is 1.59. The Balaban J connectivity index is 2.78. The van der Waals surface area contributed by atoms with E-state index in [-0.39, 0.29) is 5.78 Å². The molecule has 0 aliphatic rings. The molecule has 0 bridgehead atoms. The zero-order valence-electron chi connectivity index (χ0n) is 9.33. The van der Waals surface area contributed by atoms with Crippen LogP contribution >= 0.6 is 11.6 Å². The minimum absolute atomic E-state index is 0.138. The molecule has 84 valence electrons. The van der Waals surface area contributed by atoms with Crippen molar-refractivity contribution in [1.82, 2.24) is 9.55 Å². The summed E-state index contributed by atoms with van der Waals surface area (Å²) >= 11 is 6.06. The summed E-state index contributed by atoms with van der Waals surface area (Å²) in [6, 6.07) is 1.84. The van der Waals surface area contributed by atoms with Crippen LogP contribution in [0, 0.1) is 0 Å². The Morgan fingerprint density at radius 2 is 2.25 bits per heavy atom. The Labute approximate surface area is 99.0 Å². The van der Waals surface area contributed by atoms with Crippen molar-refractivity contribution >= 4 is 28.3 Å². The fourth-order valence-corrected chi connectivity index (χ4v) is 2.14. The molecule has 2 aromatic heterocycles. The molecule has 0 spiro atoms. The van der Waals surface area contributed by atoms with Crippen LogP contribution in [0.15, 0.2) is 18.5 Å². The highest BCUT2D eigenvalue weighted by atomic mass is 35.5. The second-order valence-electron chi connectivity index (χ2n) is 3.60. The molecule has 2 aromatic rings. The minimum atomic E-state index is 0.138. The van der Waals surface area contributed by atoms with Crippen molar-refractivity contribution in [2.45, 2.75) is 26.8 Å². The van der Waals surface area contributed by atoms with Crippen molar-refractivity contribution in [2.75, 3.05) is 0 Å². The third kappa shape index (κ3) is 1.61. The number of carbonyl (C=O) groups is 1. The molecule has 0 radical (unpaired) electrons. The predicted octanol–water partition coefficient (Wildman–Crippen LogP) is 3.30. The third-order valence-electron chi connectivity index (χ3n) is 2.70. The average molecular weight is 237 g/mol. The van der Waals surface area contributed by atoms with Crippen LogP contribution < -0.4 is 0 Å². The molecular formula is C12H13ClN2O. The van der Waals surface area contributed by atoms with Gasteiger partial charge in [-0.25, -0.2) is 4.98 Å². The van der Waals surface area contributed by atoms with Crippen LogP contribution in [0.25, 0.3) is 10.9 Å². The molecule has 0 unspecified atom stereocenters. The molecule has 0 aliphatic carbocycles. The summed E-state index contributed by atoms with van der Waals surface area (Å²) in [6.45, 7) is 4.65. The Morgan fingerprint density at radius 3 is 2.88 bits per heavy atom. The number of aromatic nitrogens is 2. The first kappa shape index (κ1) is 11.1. The molecule has 4 heteroatoms. The number of ketones is 1. The number of hydrogen-bond donors (Lipinski definition) is 0. The zero-order valence-corrected chi connectivity index (χ0v) is 10.1. The highest BCUT2D eigenvalue weighted by Crippen LogP contribution is 2.27. The monoisotopic (exact) mass is 236 g/mol. The van der Waals surface area contributed by atoms with E-state index in [1.807, 2.05) is 30.7 Å². The quantitative estimate of drug-likeness (QED) is 0.605. The number of Topliss-reactive ketones (excluding diaryl/α,β-unsaturated/α-hetero) is 1. The van der Waals surface area contributed by atoms with Crippen LogP contribution in [-0.4, -0.2) is 15.3 Å². The molecule has 0 aromatic carbocycles. The van der Waals surface area contributed by atoms with E-state index in [2.05, 4.69) is 4.98 Å². The van der Waals surface area contributed by atoms with E-state index in [1.54, 1.807) is 6.20 Å². The van der Waals surface area contributed by atoms with Crippen molar-refractivity contribution in [3.05, 3.63) is 29.2 Å². The van der Waals surface area contributed by atoms with Crippen LogP contribution in [0.1, 0.15) is 30.6 Å². The first-order valence-electron chi connectivity index (χ1n) is 5.35. The Morgan fingerprint density at radius 1 is 1.50 bits per heavy atom. The summed E-state index contributed by atoms with van der Waals surface area (Å²) in [5.74, 6) is 0.138. The van der Waals surface area contributed by atoms with Crippen molar-refractivity contribution in [3.63, 3.8) is 0 Å². The van der Waals surface area contributed by atoms with Gasteiger partial charge in [0.1, 0.15) is 0 Å². The smallest absolute Gasteiger partial charge is 0.164 e. The van der Waals surface area contributed by atoms with Gasteiger partial charge in [0, 0.05) is 36.3 Å². The van der Waals surface area contributed by atoms with Gasteiger partial charge in [0.2, 0.25) is 0 Å². The summed E-state index contributed by atoms with van der Waals surface area (Å²) in [5, 5.41) is 1.35. The lowest BCUT2D eigenvalue weighted by molar-refractivity contribution is 0.0989. The molecule has 0 aliphatic heterocycles. The molecule has 2 heterocycles. The van der Waals surface area contributed by atoms with E-state index < -0.39 is 0 Å². The molecule has 3 nitrogen and oxygen atoms in total. The predicted molar refractivity (Wildman–Crippen MR) is 65.0 cm³/mol. The second kappa shape index (κ2) is 4.26. The number of pyridine rings is 1. The Kier molecular flexibility index (Phi) is 2.97. The molecule has 0 fully saturated rings. The van der Waals surface area contributed by atoms with Crippen LogP contribution in [0.4, 0.5) is 0 Å². The van der Waals surface area contributed by atoms with Gasteiger partial charge in [0.15, 0.2) is 10.9 Å². The van der Waals surface area contributed by atoms with Crippen LogP contribution in [-0.2, 0) is 6.54 Å². The maximum atomic E-state index is 11.8. The lowest BCUT2D eigenvalue weighted by Crippen LogP contribution is -1.95. The van der Waals surface area contributed by atoms with Gasteiger partial charge in [0.05, 0.1) is 5.52 Å². The molecular weight excluding hydrogens is 224 g/mol. The van der Waals surface area contributed by atoms with E-state index in [1.165, 1.54) is 0 Å². The number of aryl methyl sites for hydroxylation is 1. The SMILES string of the molecule is CCC(=O)c1cn(CC)c2c(Cl)nccc12. The Hall–Kier alpha value is -1.35. The number of hydrogen-bond acceptors (Lipinski definition) is 2. The highest BCUT2D eigenvalue weighted by Gasteiger charge is 2.15. The van der Waals surface area contributed by atoms with Crippen molar-refractivity contribution in [3.8, 4) is 0 Å². The maximum absolute atomic E-state index is 11.8. The summed E-state index contributed by atoms with van der Waals surface area (Å²) in [6.07, 6.45) is 4.00. The number of fused-ring (bicyclic) bond motifs is 1. The van der Waals surface area contributed by atoms with Crippen LogP contribution in [0.5, 0.6) is 0 Å². The number of rotatable bonds is 3. The van der Waals surface area contributed by atoms with Crippen molar-refractivity contribution < 1.29 is 4.79 Å². The average Bonchev–Trinajstić information content (AvgIpc) is 2.68. The normalized spacial score (nSPS) is 10.9. The summed E-state index contributed by atoms with van der Waals surface area (Å²) in [7, 11) is 0. The maximum Gasteiger partial charge on any atom is 0.164 e. The molecule has 16 heavy (non-hydrogen) atoms. The highest BCUT2D eigenvalue weighted by molar-refractivity contribution is 6.34. The van der Waals surface area contributed by atoms with Crippen LogP contribution in [0.2, 0.25) is 5.15 Å². The molecule has 0 saturated carbocycles. The van der Waals surface area contributed by atoms with Crippen molar-refractivity contribution in [1.29, 1.82) is 0 Å². The van der Waals surface area contributed by atoms with Gasteiger partial charge < -0.3 is 4.57 Å². The Bertz CT molecular complexity index is 545. The van der Waals surface area contributed by atoms with E-state index in [9.17, 15) is 4.79 Å². The molecule has 0 amide bonds. The first-order chi connectivity index (χ1) is 7.69. The molecule has 2 rings (SSSR count). The second-order valence-corrected chi connectivity index (χ2v) is 3.96. The molecule has 0 atom stereocenters. The van der Waals surface area contributed by atoms with Gasteiger partial charge in [-0.3, -0.25) is 4.79 Å². The van der Waals surface area contributed by atoms with Gasteiger partial charge in [-0.05, 0) is 13.0 Å². The van der Waals surface area contributed by atoms with Gasteiger partial charge in [-0.1, -0.05) is 18.5 Å². The fourth-order valence-electron chi connectivity index (χ4n) is 1.87. The van der Waals surface area contributed by atoms with Gasteiger partial charge in [-0.2, -0.15) is 0 Å². The number of carbonyl (C=O) groups excluding carboxylic acids is 1. The summed E-state index contributed by atoms with van der Waals surface area (Å²) in [4.78, 5) is 15.8. The topological polar surface area (TPSA) is 34.9 Å². The first-order valence-corrected chi connectivity index (χ1v) is 5.73. The van der Waals surface area contributed by atoms with E-state index in [4.69, 9.17) is 11.6 Å². The van der Waals surface area contributed by atoms with E-state index in [0.29, 0.717) is 11.6 Å². The molecule has 0 saturated heterocycles. The zero-order chi connectivity index (χ0) is 11.7. The third-order valence-corrected chi connectivity index (χ3v) is 2.98. The molecule has 0 N–H and O–H groups in total. The number of nitrogens with zero attached hydrogens (tertiary/aromatic N) is 2. The lowest BCUT2D eigenvalue weighted by atomic mass is 10.1. The van der Waals surface area contributed by atoms with Crippen LogP contribution in [0.3, 0.4) is 0 Å². The van der Waals surface area contributed by atoms with E-state index in [0.717, 1.165) is 23.0 Å². The van der Waals surface area contributed by atoms with E-state index >= 15 is 0 Å². The summed E-state index contributed by atoms with van der Waals surface area (Å²) < 4.78 is 1.97. The fraction of sp³-hybridized carbons (Fsp3) is 0.333. The number of halogens is 1. The van der Waals surface area contributed by atoms with Crippen molar-refractivity contribution in [2.24, 2.45) is 0 Å².